The molecule has 1 amide bonds. The molecule has 0 bridgehead atoms. The van der Waals surface area contributed by atoms with Crippen molar-refractivity contribution in [2.45, 2.75) is 27.2 Å². The average Bonchev–Trinajstić information content (AvgIpc) is 2.36. The van der Waals surface area contributed by atoms with Crippen LogP contribution in [0.25, 0.3) is 0 Å². The molecule has 0 atom stereocenters. The number of benzene rings is 1. The van der Waals surface area contributed by atoms with Crippen molar-refractivity contribution in [3.8, 4) is 5.75 Å². The first kappa shape index (κ1) is 13.5. The smallest absolute Gasteiger partial charge is 0.242 e. The molecule has 0 unspecified atom stereocenters. The molecule has 4 heteroatoms. The van der Waals surface area contributed by atoms with Crippen LogP contribution in [-0.4, -0.2) is 12.5 Å². The monoisotopic (exact) mass is 236 g/mol. The molecule has 0 saturated heterocycles. The Morgan fingerprint density at radius 3 is 2.41 bits per heavy atom. The molecule has 3 N–H and O–H groups in total. The molecule has 0 fully saturated rings. The van der Waals surface area contributed by atoms with E-state index in [1.165, 1.54) is 5.56 Å². The molecule has 0 aromatic heterocycles. The molecule has 94 valence electrons. The summed E-state index contributed by atoms with van der Waals surface area (Å²) in [4.78, 5) is 11.4. The lowest BCUT2D eigenvalue weighted by Crippen LogP contribution is -2.44. The number of nitrogens with two attached hydrogens (primary N) is 1. The first-order chi connectivity index (χ1) is 7.99. The highest BCUT2D eigenvalue weighted by Crippen LogP contribution is 2.19. The zero-order valence-corrected chi connectivity index (χ0v) is 10.6. The minimum absolute atomic E-state index is 0.234. The van der Waals surface area contributed by atoms with Crippen molar-refractivity contribution in [1.82, 2.24) is 5.43 Å². The van der Waals surface area contributed by atoms with Crippen LogP contribution < -0.4 is 16.0 Å². The maximum absolute atomic E-state index is 11.4. The van der Waals surface area contributed by atoms with E-state index in [0.29, 0.717) is 6.61 Å². The normalized spacial score (nSPS) is 11.1. The molecular weight excluding hydrogens is 216 g/mol. The largest absolute Gasteiger partial charge is 0.492 e. The van der Waals surface area contributed by atoms with Crippen LogP contribution in [0.3, 0.4) is 0 Å². The molecule has 4 nitrogen and oxygen atoms in total. The molecule has 0 aliphatic rings. The second-order valence-electron chi connectivity index (χ2n) is 4.64. The Hall–Kier alpha value is -1.55. The molecule has 0 aliphatic heterocycles. The molecule has 1 rings (SSSR count). The summed E-state index contributed by atoms with van der Waals surface area (Å²) >= 11 is 0. The maximum atomic E-state index is 11.4. The first-order valence-corrected chi connectivity index (χ1v) is 5.72. The third kappa shape index (κ3) is 3.75. The van der Waals surface area contributed by atoms with Crippen LogP contribution >= 0.6 is 0 Å². The van der Waals surface area contributed by atoms with E-state index in [9.17, 15) is 4.79 Å². The van der Waals surface area contributed by atoms with Crippen molar-refractivity contribution >= 4 is 5.91 Å². The SMILES string of the molecule is CCc1ccc(OCC(C)(C)C(=O)NN)cc1. The first-order valence-electron chi connectivity index (χ1n) is 5.72. The highest BCUT2D eigenvalue weighted by molar-refractivity contribution is 5.81. The fraction of sp³-hybridized carbons (Fsp3) is 0.462. The highest BCUT2D eigenvalue weighted by Gasteiger charge is 2.27. The van der Waals surface area contributed by atoms with Gasteiger partial charge in [0.1, 0.15) is 12.4 Å². The van der Waals surface area contributed by atoms with Gasteiger partial charge < -0.3 is 4.74 Å². The fourth-order valence-corrected chi connectivity index (χ4v) is 1.35. The van der Waals surface area contributed by atoms with E-state index in [1.54, 1.807) is 13.8 Å². The fourth-order valence-electron chi connectivity index (χ4n) is 1.35. The van der Waals surface area contributed by atoms with Crippen molar-refractivity contribution in [3.05, 3.63) is 29.8 Å². The zero-order chi connectivity index (χ0) is 12.9. The Balaban J connectivity index is 2.57. The van der Waals surface area contributed by atoms with Gasteiger partial charge in [-0.25, -0.2) is 5.84 Å². The number of rotatable bonds is 5. The van der Waals surface area contributed by atoms with E-state index in [1.807, 2.05) is 24.3 Å². The number of carbonyl (C=O) groups excluding carboxylic acids is 1. The Bertz CT molecular complexity index is 372. The van der Waals surface area contributed by atoms with Crippen LogP contribution in [0.1, 0.15) is 26.3 Å². The van der Waals surface area contributed by atoms with E-state index in [-0.39, 0.29) is 5.91 Å². The third-order valence-electron chi connectivity index (χ3n) is 2.68. The van der Waals surface area contributed by atoms with Crippen LogP contribution in [0.15, 0.2) is 24.3 Å². The number of carbonyl (C=O) groups is 1. The van der Waals surface area contributed by atoms with E-state index >= 15 is 0 Å². The molecule has 0 radical (unpaired) electrons. The number of ether oxygens (including phenoxy) is 1. The van der Waals surface area contributed by atoms with Crippen LogP contribution in [0.5, 0.6) is 5.75 Å². The standard InChI is InChI=1S/C13H20N2O2/c1-4-10-5-7-11(8-6-10)17-9-13(2,3)12(16)15-14/h5-8H,4,9,14H2,1-3H3,(H,15,16). The quantitative estimate of drug-likeness (QED) is 0.464. The zero-order valence-electron chi connectivity index (χ0n) is 10.6. The summed E-state index contributed by atoms with van der Waals surface area (Å²) in [6.07, 6.45) is 1.00. The summed E-state index contributed by atoms with van der Waals surface area (Å²) in [7, 11) is 0. The molecule has 0 spiro atoms. The molecule has 0 heterocycles. The maximum Gasteiger partial charge on any atom is 0.242 e. The van der Waals surface area contributed by atoms with E-state index < -0.39 is 5.41 Å². The summed E-state index contributed by atoms with van der Waals surface area (Å²) in [6, 6.07) is 7.86. The molecule has 17 heavy (non-hydrogen) atoms. The number of hydrogen-bond acceptors (Lipinski definition) is 3. The molecule has 0 saturated carbocycles. The minimum atomic E-state index is -0.641. The molecule has 1 aromatic carbocycles. The predicted molar refractivity (Wildman–Crippen MR) is 67.4 cm³/mol. The van der Waals surface area contributed by atoms with E-state index in [0.717, 1.165) is 12.2 Å². The van der Waals surface area contributed by atoms with Gasteiger partial charge in [0, 0.05) is 0 Å². The van der Waals surface area contributed by atoms with Gasteiger partial charge in [0.2, 0.25) is 5.91 Å². The Labute approximate surface area is 102 Å². The van der Waals surface area contributed by atoms with Crippen molar-refractivity contribution in [1.29, 1.82) is 0 Å². The number of nitrogens with one attached hydrogen (secondary N) is 1. The van der Waals surface area contributed by atoms with E-state index in [2.05, 4.69) is 12.3 Å². The second kappa shape index (κ2) is 5.68. The topological polar surface area (TPSA) is 64.3 Å². The Morgan fingerprint density at radius 1 is 1.35 bits per heavy atom. The molecular formula is C13H20N2O2. The summed E-state index contributed by atoms with van der Waals surface area (Å²) < 4.78 is 5.58. The van der Waals surface area contributed by atoms with Crippen LogP contribution in [0, 0.1) is 5.41 Å². The van der Waals surface area contributed by atoms with Gasteiger partial charge in [-0.2, -0.15) is 0 Å². The lowest BCUT2D eigenvalue weighted by atomic mass is 9.94. The Morgan fingerprint density at radius 2 is 1.94 bits per heavy atom. The molecule has 1 aromatic rings. The van der Waals surface area contributed by atoms with Crippen LogP contribution in [-0.2, 0) is 11.2 Å². The van der Waals surface area contributed by atoms with Crippen LogP contribution in [0.2, 0.25) is 0 Å². The molecule has 0 aliphatic carbocycles. The van der Waals surface area contributed by atoms with Gasteiger partial charge in [0.15, 0.2) is 0 Å². The van der Waals surface area contributed by atoms with Gasteiger partial charge in [-0.3, -0.25) is 10.2 Å². The summed E-state index contributed by atoms with van der Waals surface area (Å²) in [5, 5.41) is 0. The van der Waals surface area contributed by atoms with Gasteiger partial charge in [0.25, 0.3) is 0 Å². The van der Waals surface area contributed by atoms with E-state index in [4.69, 9.17) is 10.6 Å². The van der Waals surface area contributed by atoms with Gasteiger partial charge >= 0.3 is 0 Å². The van der Waals surface area contributed by atoms with Gasteiger partial charge in [0.05, 0.1) is 5.41 Å². The summed E-state index contributed by atoms with van der Waals surface area (Å²) in [5.74, 6) is 5.64. The van der Waals surface area contributed by atoms with Gasteiger partial charge in [-0.05, 0) is 38.0 Å². The van der Waals surface area contributed by atoms with Crippen molar-refractivity contribution in [3.63, 3.8) is 0 Å². The highest BCUT2D eigenvalue weighted by atomic mass is 16.5. The number of amides is 1. The number of aryl methyl sites for hydroxylation is 1. The number of hydrogen-bond donors (Lipinski definition) is 2. The lowest BCUT2D eigenvalue weighted by Gasteiger charge is -2.22. The third-order valence-corrected chi connectivity index (χ3v) is 2.68. The summed E-state index contributed by atoms with van der Waals surface area (Å²) in [6.45, 7) is 5.97. The average molecular weight is 236 g/mol. The Kier molecular flexibility index (Phi) is 4.52. The van der Waals surface area contributed by atoms with Gasteiger partial charge in [-0.1, -0.05) is 19.1 Å². The van der Waals surface area contributed by atoms with Crippen LogP contribution in [0.4, 0.5) is 0 Å². The van der Waals surface area contributed by atoms with Crippen molar-refractivity contribution < 1.29 is 9.53 Å². The van der Waals surface area contributed by atoms with Crippen molar-refractivity contribution in [2.24, 2.45) is 11.3 Å². The number of hydrazine groups is 1. The van der Waals surface area contributed by atoms with Gasteiger partial charge in [-0.15, -0.1) is 0 Å². The lowest BCUT2D eigenvalue weighted by molar-refractivity contribution is -0.130. The minimum Gasteiger partial charge on any atom is -0.492 e. The second-order valence-corrected chi connectivity index (χ2v) is 4.64. The van der Waals surface area contributed by atoms with Crippen molar-refractivity contribution in [2.75, 3.05) is 6.61 Å². The predicted octanol–water partition coefficient (Wildman–Crippen LogP) is 1.64. The summed E-state index contributed by atoms with van der Waals surface area (Å²) in [5.41, 5.74) is 2.76.